The van der Waals surface area contributed by atoms with Crippen molar-refractivity contribution in [3.63, 3.8) is 0 Å². The summed E-state index contributed by atoms with van der Waals surface area (Å²) in [7, 11) is 0. The number of aromatic amines is 2. The summed E-state index contributed by atoms with van der Waals surface area (Å²) in [5.74, 6) is -0.993. The molecule has 2 aromatic rings. The first kappa shape index (κ1) is 11.3. The lowest BCUT2D eigenvalue weighted by Gasteiger charge is -2.02. The first-order chi connectivity index (χ1) is 8.27. The predicted octanol–water partition coefficient (Wildman–Crippen LogP) is 0.163. The van der Waals surface area contributed by atoms with Gasteiger partial charge in [0.05, 0.1) is 12.5 Å². The third-order valence-corrected chi connectivity index (χ3v) is 2.37. The lowest BCUT2D eigenvalue weighted by molar-refractivity contribution is 0.0689. The average Bonchev–Trinajstić information content (AvgIpc) is 2.95. The highest BCUT2D eigenvalue weighted by molar-refractivity contribution is 5.86. The van der Waals surface area contributed by atoms with E-state index in [0.29, 0.717) is 12.1 Å². The van der Waals surface area contributed by atoms with Crippen LogP contribution in [0.1, 0.15) is 21.7 Å². The third kappa shape index (κ3) is 2.91. The molecule has 0 radical (unpaired) electrons. The minimum absolute atomic E-state index is 0.138. The molecule has 0 saturated heterocycles. The van der Waals surface area contributed by atoms with Crippen LogP contribution in [0.3, 0.4) is 0 Å². The zero-order valence-electron chi connectivity index (χ0n) is 9.10. The normalized spacial score (nSPS) is 10.6. The Labute approximate surface area is 97.3 Å². The molecule has 4 N–H and O–H groups in total. The number of aromatic carboxylic acids is 1. The fourth-order valence-electron chi connectivity index (χ4n) is 1.50. The maximum absolute atomic E-state index is 10.8. The van der Waals surface area contributed by atoms with Crippen LogP contribution in [-0.2, 0) is 13.0 Å². The minimum atomic E-state index is -0.993. The SMILES string of the molecule is O=C(O)c1[nH]ncc1CNCCc1cnc[nH]1. The van der Waals surface area contributed by atoms with Gasteiger partial charge in [0.1, 0.15) is 5.69 Å². The van der Waals surface area contributed by atoms with Crippen molar-refractivity contribution in [2.24, 2.45) is 0 Å². The van der Waals surface area contributed by atoms with Crippen LogP contribution >= 0.6 is 0 Å². The van der Waals surface area contributed by atoms with Crippen molar-refractivity contribution in [2.45, 2.75) is 13.0 Å². The molecule has 7 nitrogen and oxygen atoms in total. The van der Waals surface area contributed by atoms with E-state index in [1.165, 1.54) is 6.20 Å². The summed E-state index contributed by atoms with van der Waals surface area (Å²) >= 11 is 0. The van der Waals surface area contributed by atoms with Gasteiger partial charge in [0.2, 0.25) is 0 Å². The van der Waals surface area contributed by atoms with E-state index >= 15 is 0 Å². The van der Waals surface area contributed by atoms with E-state index in [9.17, 15) is 4.79 Å². The summed E-state index contributed by atoms with van der Waals surface area (Å²) < 4.78 is 0. The number of carbonyl (C=O) groups is 1. The number of H-pyrrole nitrogens is 2. The van der Waals surface area contributed by atoms with Crippen molar-refractivity contribution in [3.05, 3.63) is 35.7 Å². The van der Waals surface area contributed by atoms with Gasteiger partial charge in [0.25, 0.3) is 0 Å². The van der Waals surface area contributed by atoms with Crippen LogP contribution in [0, 0.1) is 0 Å². The molecule has 90 valence electrons. The smallest absolute Gasteiger partial charge is 0.354 e. The second-order valence-electron chi connectivity index (χ2n) is 3.58. The predicted molar refractivity (Wildman–Crippen MR) is 59.5 cm³/mol. The van der Waals surface area contributed by atoms with Gasteiger partial charge in [-0.1, -0.05) is 0 Å². The molecule has 17 heavy (non-hydrogen) atoms. The molecule has 0 spiro atoms. The number of hydrogen-bond acceptors (Lipinski definition) is 4. The molecule has 2 heterocycles. The first-order valence-corrected chi connectivity index (χ1v) is 5.21. The van der Waals surface area contributed by atoms with Gasteiger partial charge in [-0.2, -0.15) is 5.10 Å². The topological polar surface area (TPSA) is 107 Å². The molecule has 0 unspecified atom stereocenters. The maximum Gasteiger partial charge on any atom is 0.354 e. The quantitative estimate of drug-likeness (QED) is 0.534. The molecular formula is C10H13N5O2. The van der Waals surface area contributed by atoms with Crippen LogP contribution in [0.5, 0.6) is 0 Å². The molecule has 0 bridgehead atoms. The number of aromatic nitrogens is 4. The number of nitrogens with one attached hydrogen (secondary N) is 3. The molecule has 0 aliphatic rings. The van der Waals surface area contributed by atoms with E-state index in [2.05, 4.69) is 25.5 Å². The van der Waals surface area contributed by atoms with Gasteiger partial charge >= 0.3 is 5.97 Å². The number of rotatable bonds is 6. The van der Waals surface area contributed by atoms with Crippen molar-refractivity contribution >= 4 is 5.97 Å². The molecule has 0 aromatic carbocycles. The lowest BCUT2D eigenvalue weighted by atomic mass is 10.2. The summed E-state index contributed by atoms with van der Waals surface area (Å²) in [5, 5.41) is 18.2. The van der Waals surface area contributed by atoms with Gasteiger partial charge in [0, 0.05) is 37.0 Å². The number of carboxylic acids is 1. The maximum atomic E-state index is 10.8. The first-order valence-electron chi connectivity index (χ1n) is 5.21. The Morgan fingerprint density at radius 3 is 3.06 bits per heavy atom. The monoisotopic (exact) mass is 235 g/mol. The average molecular weight is 235 g/mol. The highest BCUT2D eigenvalue weighted by Crippen LogP contribution is 2.03. The third-order valence-electron chi connectivity index (χ3n) is 2.37. The van der Waals surface area contributed by atoms with Gasteiger partial charge in [-0.3, -0.25) is 5.10 Å². The molecule has 0 amide bonds. The number of hydrogen-bond donors (Lipinski definition) is 4. The molecule has 0 fully saturated rings. The summed E-state index contributed by atoms with van der Waals surface area (Å²) in [6.45, 7) is 1.22. The molecule has 0 aliphatic carbocycles. The van der Waals surface area contributed by atoms with Crippen LogP contribution < -0.4 is 5.32 Å². The van der Waals surface area contributed by atoms with Crippen LogP contribution in [0.25, 0.3) is 0 Å². The van der Waals surface area contributed by atoms with Crippen LogP contribution in [-0.4, -0.2) is 37.8 Å². The van der Waals surface area contributed by atoms with Gasteiger partial charge in [-0.15, -0.1) is 0 Å². The van der Waals surface area contributed by atoms with Gasteiger partial charge in [0.15, 0.2) is 0 Å². The lowest BCUT2D eigenvalue weighted by Crippen LogP contribution is -2.18. The van der Waals surface area contributed by atoms with E-state index < -0.39 is 5.97 Å². The van der Waals surface area contributed by atoms with Crippen molar-refractivity contribution < 1.29 is 9.90 Å². The molecule has 7 heteroatoms. The van der Waals surface area contributed by atoms with E-state index in [-0.39, 0.29) is 5.69 Å². The van der Waals surface area contributed by atoms with Crippen molar-refractivity contribution in [1.29, 1.82) is 0 Å². The Balaban J connectivity index is 1.78. The summed E-state index contributed by atoms with van der Waals surface area (Å²) in [5.41, 5.74) is 1.84. The minimum Gasteiger partial charge on any atom is -0.477 e. The molecule has 2 rings (SSSR count). The number of nitrogens with zero attached hydrogens (tertiary/aromatic N) is 2. The Bertz CT molecular complexity index is 477. The second kappa shape index (κ2) is 5.26. The zero-order chi connectivity index (χ0) is 12.1. The van der Waals surface area contributed by atoms with Crippen LogP contribution in [0.15, 0.2) is 18.7 Å². The van der Waals surface area contributed by atoms with Crippen LogP contribution in [0.4, 0.5) is 0 Å². The van der Waals surface area contributed by atoms with E-state index in [0.717, 1.165) is 18.7 Å². The highest BCUT2D eigenvalue weighted by Gasteiger charge is 2.11. The Morgan fingerprint density at radius 1 is 1.47 bits per heavy atom. The second-order valence-corrected chi connectivity index (χ2v) is 3.58. The molecule has 0 aliphatic heterocycles. The highest BCUT2D eigenvalue weighted by atomic mass is 16.4. The van der Waals surface area contributed by atoms with E-state index in [1.807, 2.05) is 0 Å². The van der Waals surface area contributed by atoms with E-state index in [1.54, 1.807) is 12.5 Å². The van der Waals surface area contributed by atoms with Crippen molar-refractivity contribution in [3.8, 4) is 0 Å². The zero-order valence-corrected chi connectivity index (χ0v) is 9.10. The van der Waals surface area contributed by atoms with Crippen LogP contribution in [0.2, 0.25) is 0 Å². The van der Waals surface area contributed by atoms with Gasteiger partial charge < -0.3 is 15.4 Å². The van der Waals surface area contributed by atoms with Crippen molar-refractivity contribution in [1.82, 2.24) is 25.5 Å². The molecule has 0 atom stereocenters. The van der Waals surface area contributed by atoms with Gasteiger partial charge in [-0.25, -0.2) is 9.78 Å². The largest absolute Gasteiger partial charge is 0.477 e. The molecular weight excluding hydrogens is 222 g/mol. The van der Waals surface area contributed by atoms with Crippen molar-refractivity contribution in [2.75, 3.05) is 6.54 Å². The van der Waals surface area contributed by atoms with Gasteiger partial charge in [-0.05, 0) is 0 Å². The summed E-state index contributed by atoms with van der Waals surface area (Å²) in [6, 6.07) is 0. The molecule has 2 aromatic heterocycles. The standard InChI is InChI=1S/C10H13N5O2/c16-10(17)9-7(4-14-15-9)3-11-2-1-8-5-12-6-13-8/h4-6,11H,1-3H2,(H,12,13)(H,14,15)(H,16,17). The van der Waals surface area contributed by atoms with E-state index in [4.69, 9.17) is 5.11 Å². The fourth-order valence-corrected chi connectivity index (χ4v) is 1.50. The Morgan fingerprint density at radius 2 is 2.35 bits per heavy atom. The Kier molecular flexibility index (Phi) is 3.51. The fraction of sp³-hybridized carbons (Fsp3) is 0.300. The Hall–Kier alpha value is -2.15. The molecule has 0 saturated carbocycles. The number of imidazole rings is 1. The number of carboxylic acid groups (broad SMARTS) is 1. The summed E-state index contributed by atoms with van der Waals surface area (Å²) in [4.78, 5) is 17.7. The summed E-state index contributed by atoms with van der Waals surface area (Å²) in [6.07, 6.45) is 5.74.